The zero-order chi connectivity index (χ0) is 21.3. The van der Waals surface area contributed by atoms with Gasteiger partial charge >= 0.3 is 5.69 Å². The van der Waals surface area contributed by atoms with E-state index in [0.29, 0.717) is 30.1 Å². The highest BCUT2D eigenvalue weighted by Gasteiger charge is 2.20. The summed E-state index contributed by atoms with van der Waals surface area (Å²) >= 11 is 0. The predicted octanol–water partition coefficient (Wildman–Crippen LogP) is 0.380. The number of nitrogens with zero attached hydrogens (tertiary/aromatic N) is 4. The van der Waals surface area contributed by atoms with Gasteiger partial charge < -0.3 is 19.6 Å². The topological polar surface area (TPSA) is 116 Å². The van der Waals surface area contributed by atoms with Gasteiger partial charge in [0.25, 0.3) is 11.5 Å². The predicted molar refractivity (Wildman–Crippen MR) is 112 cm³/mol. The Hall–Kier alpha value is -3.40. The molecule has 0 aliphatic carbocycles. The lowest BCUT2D eigenvalue weighted by molar-refractivity contribution is 0.0958. The molecule has 0 bridgehead atoms. The number of nitrogens with one attached hydrogen (secondary N) is 2. The Morgan fingerprint density at radius 2 is 2.00 bits per heavy atom. The SMILES string of the molecule is CCn1c(=O)[nH]c2cc(CN3CCN(c4ccc(C(=O)NC)nc4)CC3)oc2c1=O. The zero-order valence-electron chi connectivity index (χ0n) is 17.0. The van der Waals surface area contributed by atoms with Crippen molar-refractivity contribution in [2.24, 2.45) is 0 Å². The number of anilines is 1. The average Bonchev–Trinajstić information content (AvgIpc) is 3.16. The van der Waals surface area contributed by atoms with E-state index in [4.69, 9.17) is 4.42 Å². The van der Waals surface area contributed by atoms with Crippen LogP contribution in [-0.2, 0) is 13.1 Å². The maximum absolute atomic E-state index is 12.4. The molecular formula is C20H24N6O4. The van der Waals surface area contributed by atoms with Gasteiger partial charge in [-0.2, -0.15) is 0 Å². The van der Waals surface area contributed by atoms with Gasteiger partial charge in [0.15, 0.2) is 0 Å². The molecule has 1 aliphatic heterocycles. The smallest absolute Gasteiger partial charge is 0.329 e. The van der Waals surface area contributed by atoms with E-state index in [-0.39, 0.29) is 11.5 Å². The summed E-state index contributed by atoms with van der Waals surface area (Å²) in [6, 6.07) is 5.35. The third kappa shape index (κ3) is 3.73. The van der Waals surface area contributed by atoms with Crippen molar-refractivity contribution < 1.29 is 9.21 Å². The Balaban J connectivity index is 1.41. The molecule has 0 aromatic carbocycles. The van der Waals surface area contributed by atoms with Crippen molar-refractivity contribution in [1.29, 1.82) is 0 Å². The first kappa shape index (κ1) is 19.9. The van der Waals surface area contributed by atoms with Crippen molar-refractivity contribution in [3.8, 4) is 0 Å². The van der Waals surface area contributed by atoms with Crippen LogP contribution >= 0.6 is 0 Å². The number of pyridine rings is 1. The number of amides is 1. The summed E-state index contributed by atoms with van der Waals surface area (Å²) in [5.74, 6) is 0.445. The number of aromatic amines is 1. The molecule has 30 heavy (non-hydrogen) atoms. The number of hydrogen-bond acceptors (Lipinski definition) is 7. The number of furan rings is 1. The number of aromatic nitrogens is 3. The van der Waals surface area contributed by atoms with Gasteiger partial charge in [-0.25, -0.2) is 9.78 Å². The number of carbonyl (C=O) groups excluding carboxylic acids is 1. The van der Waals surface area contributed by atoms with E-state index in [2.05, 4.69) is 25.1 Å². The molecule has 0 spiro atoms. The third-order valence-corrected chi connectivity index (χ3v) is 5.35. The molecule has 4 heterocycles. The minimum Gasteiger partial charge on any atom is -0.452 e. The molecule has 158 valence electrons. The normalized spacial score (nSPS) is 14.9. The van der Waals surface area contributed by atoms with Crippen LogP contribution in [0.1, 0.15) is 23.2 Å². The summed E-state index contributed by atoms with van der Waals surface area (Å²) in [7, 11) is 1.58. The van der Waals surface area contributed by atoms with E-state index >= 15 is 0 Å². The van der Waals surface area contributed by atoms with Gasteiger partial charge in [-0.15, -0.1) is 0 Å². The van der Waals surface area contributed by atoms with Crippen LogP contribution in [0.25, 0.3) is 11.1 Å². The number of rotatable bonds is 5. The quantitative estimate of drug-likeness (QED) is 0.622. The highest BCUT2D eigenvalue weighted by molar-refractivity contribution is 5.92. The minimum absolute atomic E-state index is 0.187. The van der Waals surface area contributed by atoms with E-state index < -0.39 is 11.2 Å². The van der Waals surface area contributed by atoms with Gasteiger partial charge in [-0.05, 0) is 19.1 Å². The first-order valence-electron chi connectivity index (χ1n) is 9.91. The first-order valence-corrected chi connectivity index (χ1v) is 9.91. The molecule has 4 rings (SSSR count). The maximum atomic E-state index is 12.4. The van der Waals surface area contributed by atoms with E-state index in [0.717, 1.165) is 36.4 Å². The van der Waals surface area contributed by atoms with E-state index in [1.54, 1.807) is 32.3 Å². The van der Waals surface area contributed by atoms with Crippen molar-refractivity contribution in [2.75, 3.05) is 38.1 Å². The van der Waals surface area contributed by atoms with Gasteiger partial charge in [0, 0.05) is 45.8 Å². The van der Waals surface area contributed by atoms with Crippen LogP contribution in [-0.4, -0.2) is 58.6 Å². The number of carbonyl (C=O) groups is 1. The summed E-state index contributed by atoms with van der Waals surface area (Å²) < 4.78 is 6.87. The van der Waals surface area contributed by atoms with Crippen LogP contribution in [0.3, 0.4) is 0 Å². The number of H-pyrrole nitrogens is 1. The summed E-state index contributed by atoms with van der Waals surface area (Å²) in [4.78, 5) is 47.3. The second-order valence-corrected chi connectivity index (χ2v) is 7.18. The molecule has 1 fully saturated rings. The van der Waals surface area contributed by atoms with E-state index in [1.165, 1.54) is 0 Å². The summed E-state index contributed by atoms with van der Waals surface area (Å²) in [5, 5.41) is 2.56. The number of fused-ring (bicyclic) bond motifs is 1. The second-order valence-electron chi connectivity index (χ2n) is 7.18. The molecule has 0 saturated carbocycles. The molecule has 1 saturated heterocycles. The monoisotopic (exact) mass is 412 g/mol. The molecule has 1 amide bonds. The molecular weight excluding hydrogens is 388 g/mol. The summed E-state index contributed by atoms with van der Waals surface area (Å²) in [6.07, 6.45) is 1.72. The lowest BCUT2D eigenvalue weighted by atomic mass is 10.2. The third-order valence-electron chi connectivity index (χ3n) is 5.35. The van der Waals surface area contributed by atoms with Crippen LogP contribution in [0.5, 0.6) is 0 Å². The van der Waals surface area contributed by atoms with Gasteiger partial charge in [-0.3, -0.25) is 19.1 Å². The standard InChI is InChI=1S/C20H24N6O4/c1-3-26-19(28)17-16(23-20(26)29)10-14(30-17)12-24-6-8-25(9-7-24)13-4-5-15(22-11-13)18(27)21-2/h4-5,10-11H,3,6-9,12H2,1-2H3,(H,21,27)(H,23,29). The lowest BCUT2D eigenvalue weighted by Crippen LogP contribution is -2.46. The van der Waals surface area contributed by atoms with Gasteiger partial charge in [0.1, 0.15) is 11.5 Å². The van der Waals surface area contributed by atoms with Gasteiger partial charge in [0.05, 0.1) is 23.9 Å². The average molecular weight is 412 g/mol. The molecule has 2 N–H and O–H groups in total. The zero-order valence-corrected chi connectivity index (χ0v) is 17.0. The van der Waals surface area contributed by atoms with E-state index in [1.807, 2.05) is 6.07 Å². The summed E-state index contributed by atoms with van der Waals surface area (Å²) in [5.41, 5.74) is 1.17. The number of hydrogen-bond donors (Lipinski definition) is 2. The molecule has 3 aromatic rings. The van der Waals surface area contributed by atoms with Crippen molar-refractivity contribution in [3.05, 3.63) is 56.7 Å². The minimum atomic E-state index is -0.424. The molecule has 10 heteroatoms. The van der Waals surface area contributed by atoms with Crippen molar-refractivity contribution in [3.63, 3.8) is 0 Å². The lowest BCUT2D eigenvalue weighted by Gasteiger charge is -2.35. The molecule has 0 atom stereocenters. The van der Waals surface area contributed by atoms with Crippen LogP contribution in [0.4, 0.5) is 5.69 Å². The second kappa shape index (κ2) is 8.15. The van der Waals surface area contributed by atoms with E-state index in [9.17, 15) is 14.4 Å². The molecule has 1 aliphatic rings. The largest absolute Gasteiger partial charge is 0.452 e. The Kier molecular flexibility index (Phi) is 5.40. The highest BCUT2D eigenvalue weighted by atomic mass is 16.3. The number of piperazine rings is 1. The van der Waals surface area contributed by atoms with Gasteiger partial charge in [-0.1, -0.05) is 0 Å². The molecule has 0 unspecified atom stereocenters. The fourth-order valence-electron chi connectivity index (χ4n) is 3.68. The van der Waals surface area contributed by atoms with Gasteiger partial charge in [0.2, 0.25) is 5.58 Å². The van der Waals surface area contributed by atoms with Crippen LogP contribution in [0, 0.1) is 0 Å². The van der Waals surface area contributed by atoms with Crippen LogP contribution in [0.2, 0.25) is 0 Å². The molecule has 0 radical (unpaired) electrons. The Bertz CT molecular complexity index is 1170. The fourth-order valence-corrected chi connectivity index (χ4v) is 3.68. The summed E-state index contributed by atoms with van der Waals surface area (Å²) in [6.45, 7) is 5.83. The maximum Gasteiger partial charge on any atom is 0.329 e. The van der Waals surface area contributed by atoms with Crippen molar-refractivity contribution >= 4 is 22.7 Å². The van der Waals surface area contributed by atoms with Crippen LogP contribution in [0.15, 0.2) is 38.4 Å². The fraction of sp³-hybridized carbons (Fsp3) is 0.400. The van der Waals surface area contributed by atoms with Crippen molar-refractivity contribution in [2.45, 2.75) is 20.0 Å². The molecule has 10 nitrogen and oxygen atoms in total. The Morgan fingerprint density at radius 3 is 2.63 bits per heavy atom. The van der Waals surface area contributed by atoms with Crippen molar-refractivity contribution in [1.82, 2.24) is 24.8 Å². The first-order chi connectivity index (χ1) is 14.5. The molecule has 3 aromatic heterocycles. The van der Waals surface area contributed by atoms with Crippen LogP contribution < -0.4 is 21.5 Å². The Labute approximate surface area is 172 Å². The Morgan fingerprint density at radius 1 is 1.23 bits per heavy atom. The highest BCUT2D eigenvalue weighted by Crippen LogP contribution is 2.19.